The Hall–Kier alpha value is -1.09. The summed E-state index contributed by atoms with van der Waals surface area (Å²) in [4.78, 5) is 0.373. The lowest BCUT2D eigenvalue weighted by Gasteiger charge is -2.03. The van der Waals surface area contributed by atoms with Gasteiger partial charge in [-0.2, -0.15) is 0 Å². The predicted octanol–water partition coefficient (Wildman–Crippen LogP) is 4.33. The second-order valence-corrected chi connectivity index (χ2v) is 6.43. The molecule has 0 radical (unpaired) electrons. The Labute approximate surface area is 111 Å². The van der Waals surface area contributed by atoms with Crippen molar-refractivity contribution >= 4 is 9.84 Å². The SMILES string of the molecule is CCCCCC/C(C)=C\S(=O)(=O)c1ccccc1. The molecule has 0 heterocycles. The summed E-state index contributed by atoms with van der Waals surface area (Å²) in [5, 5.41) is 1.41. The largest absolute Gasteiger partial charge is 0.219 e. The third-order valence-corrected chi connectivity index (χ3v) is 4.49. The van der Waals surface area contributed by atoms with Crippen molar-refractivity contribution in [3.63, 3.8) is 0 Å². The second-order valence-electron chi connectivity index (χ2n) is 4.63. The smallest absolute Gasteiger partial charge is 0.199 e. The van der Waals surface area contributed by atoms with Crippen LogP contribution in [0.3, 0.4) is 0 Å². The van der Waals surface area contributed by atoms with Crippen molar-refractivity contribution in [2.24, 2.45) is 0 Å². The van der Waals surface area contributed by atoms with Gasteiger partial charge in [-0.3, -0.25) is 0 Å². The highest BCUT2D eigenvalue weighted by Gasteiger charge is 2.10. The van der Waals surface area contributed by atoms with Crippen LogP contribution in [-0.2, 0) is 9.84 Å². The third-order valence-electron chi connectivity index (χ3n) is 2.85. The fourth-order valence-corrected chi connectivity index (χ4v) is 3.15. The van der Waals surface area contributed by atoms with Gasteiger partial charge in [0.2, 0.25) is 0 Å². The molecule has 0 aliphatic heterocycles. The van der Waals surface area contributed by atoms with Crippen LogP contribution in [-0.4, -0.2) is 8.42 Å². The van der Waals surface area contributed by atoms with Crippen LogP contribution in [0.15, 0.2) is 46.2 Å². The van der Waals surface area contributed by atoms with Gasteiger partial charge >= 0.3 is 0 Å². The van der Waals surface area contributed by atoms with Crippen molar-refractivity contribution in [1.29, 1.82) is 0 Å². The van der Waals surface area contributed by atoms with Crippen LogP contribution in [0.4, 0.5) is 0 Å². The van der Waals surface area contributed by atoms with Crippen molar-refractivity contribution in [2.75, 3.05) is 0 Å². The van der Waals surface area contributed by atoms with Crippen molar-refractivity contribution < 1.29 is 8.42 Å². The first kappa shape index (κ1) is 15.0. The highest BCUT2D eigenvalue weighted by atomic mass is 32.2. The number of unbranched alkanes of at least 4 members (excludes halogenated alkanes) is 3. The third kappa shape index (κ3) is 5.05. The first-order chi connectivity index (χ1) is 8.56. The summed E-state index contributed by atoms with van der Waals surface area (Å²) in [6.45, 7) is 4.06. The van der Waals surface area contributed by atoms with Gasteiger partial charge in [0.05, 0.1) is 4.90 Å². The zero-order valence-corrected chi connectivity index (χ0v) is 12.0. The molecule has 0 aromatic heterocycles. The molecule has 0 aliphatic rings. The van der Waals surface area contributed by atoms with Gasteiger partial charge in [0.1, 0.15) is 0 Å². The second kappa shape index (κ2) is 7.37. The highest BCUT2D eigenvalue weighted by molar-refractivity contribution is 7.94. The summed E-state index contributed by atoms with van der Waals surface area (Å²) in [5.41, 5.74) is 0.940. The molecule has 2 nitrogen and oxygen atoms in total. The van der Waals surface area contributed by atoms with Crippen LogP contribution in [0.5, 0.6) is 0 Å². The Kier molecular flexibility index (Phi) is 6.13. The topological polar surface area (TPSA) is 34.1 Å². The van der Waals surface area contributed by atoms with Crippen molar-refractivity contribution in [1.82, 2.24) is 0 Å². The Bertz CT molecular complexity index is 472. The van der Waals surface area contributed by atoms with Crippen LogP contribution in [0.25, 0.3) is 0 Å². The molecule has 1 aromatic carbocycles. The van der Waals surface area contributed by atoms with E-state index in [-0.39, 0.29) is 0 Å². The maximum atomic E-state index is 12.1. The fourth-order valence-electron chi connectivity index (χ4n) is 1.83. The number of hydrogen-bond acceptors (Lipinski definition) is 2. The summed E-state index contributed by atoms with van der Waals surface area (Å²) >= 11 is 0. The summed E-state index contributed by atoms with van der Waals surface area (Å²) in [6.07, 6.45) is 5.53. The molecule has 100 valence electrons. The van der Waals surface area contributed by atoms with E-state index in [0.717, 1.165) is 18.4 Å². The molecule has 0 bridgehead atoms. The molecule has 1 rings (SSSR count). The molecule has 0 saturated heterocycles. The number of allylic oxidation sites excluding steroid dienone is 1. The normalized spacial score (nSPS) is 12.7. The molecule has 0 saturated carbocycles. The minimum Gasteiger partial charge on any atom is -0.219 e. The molecule has 0 unspecified atom stereocenters. The van der Waals surface area contributed by atoms with E-state index in [9.17, 15) is 8.42 Å². The highest BCUT2D eigenvalue weighted by Crippen LogP contribution is 2.16. The van der Waals surface area contributed by atoms with Gasteiger partial charge in [-0.25, -0.2) is 8.42 Å². The quantitative estimate of drug-likeness (QED) is 0.688. The van der Waals surface area contributed by atoms with Crippen molar-refractivity contribution in [2.45, 2.75) is 50.8 Å². The lowest BCUT2D eigenvalue weighted by Crippen LogP contribution is -1.97. The van der Waals surface area contributed by atoms with Crippen molar-refractivity contribution in [3.05, 3.63) is 41.3 Å². The van der Waals surface area contributed by atoms with Gasteiger partial charge in [-0.05, 0) is 31.9 Å². The molecule has 18 heavy (non-hydrogen) atoms. The first-order valence-corrected chi connectivity index (χ1v) is 8.08. The first-order valence-electron chi connectivity index (χ1n) is 6.53. The van der Waals surface area contributed by atoms with Gasteiger partial charge in [0.25, 0.3) is 0 Å². The Morgan fingerprint density at radius 3 is 2.39 bits per heavy atom. The van der Waals surface area contributed by atoms with Gasteiger partial charge in [0.15, 0.2) is 9.84 Å². The average molecular weight is 266 g/mol. The van der Waals surface area contributed by atoms with Gasteiger partial charge in [0, 0.05) is 5.41 Å². The van der Waals surface area contributed by atoms with Crippen LogP contribution in [0.2, 0.25) is 0 Å². The zero-order valence-electron chi connectivity index (χ0n) is 11.2. The van der Waals surface area contributed by atoms with Crippen LogP contribution in [0, 0.1) is 0 Å². The van der Waals surface area contributed by atoms with E-state index in [2.05, 4.69) is 6.92 Å². The minimum absolute atomic E-state index is 0.373. The molecule has 0 amide bonds. The predicted molar refractivity (Wildman–Crippen MR) is 76.1 cm³/mol. The summed E-state index contributed by atoms with van der Waals surface area (Å²) in [7, 11) is -3.26. The Morgan fingerprint density at radius 2 is 1.78 bits per heavy atom. The molecule has 0 fully saturated rings. The molecule has 0 N–H and O–H groups in total. The van der Waals surface area contributed by atoms with Gasteiger partial charge in [-0.15, -0.1) is 0 Å². The van der Waals surface area contributed by atoms with E-state index in [1.807, 2.05) is 13.0 Å². The lowest BCUT2D eigenvalue weighted by molar-refractivity contribution is 0.604. The Balaban J connectivity index is 2.64. The summed E-state index contributed by atoms with van der Waals surface area (Å²) in [6, 6.07) is 8.58. The summed E-state index contributed by atoms with van der Waals surface area (Å²) < 4.78 is 24.1. The fraction of sp³-hybridized carbons (Fsp3) is 0.467. The molecule has 3 heteroatoms. The number of hydrogen-bond donors (Lipinski definition) is 0. The molecule has 0 atom stereocenters. The average Bonchev–Trinajstić information content (AvgIpc) is 2.35. The van der Waals surface area contributed by atoms with Crippen molar-refractivity contribution in [3.8, 4) is 0 Å². The molecule has 0 spiro atoms. The van der Waals surface area contributed by atoms with Crippen LogP contribution < -0.4 is 0 Å². The van der Waals surface area contributed by atoms with Crippen LogP contribution >= 0.6 is 0 Å². The Morgan fingerprint density at radius 1 is 1.11 bits per heavy atom. The van der Waals surface area contributed by atoms with E-state index >= 15 is 0 Å². The molecular weight excluding hydrogens is 244 g/mol. The molecule has 1 aromatic rings. The zero-order chi connectivity index (χ0) is 13.4. The van der Waals surface area contributed by atoms with E-state index in [1.54, 1.807) is 24.3 Å². The van der Waals surface area contributed by atoms with Gasteiger partial charge < -0.3 is 0 Å². The summed E-state index contributed by atoms with van der Waals surface area (Å²) in [5.74, 6) is 0. The monoisotopic (exact) mass is 266 g/mol. The van der Waals surface area contributed by atoms with Crippen LogP contribution in [0.1, 0.15) is 46.0 Å². The number of benzene rings is 1. The van der Waals surface area contributed by atoms with Gasteiger partial charge in [-0.1, -0.05) is 50.0 Å². The molecular formula is C15H22O2S. The van der Waals surface area contributed by atoms with E-state index in [1.165, 1.54) is 24.7 Å². The van der Waals surface area contributed by atoms with E-state index in [4.69, 9.17) is 0 Å². The molecule has 0 aliphatic carbocycles. The number of sulfone groups is 1. The number of rotatable bonds is 7. The standard InChI is InChI=1S/C15H22O2S/c1-3-4-5-7-10-14(2)13-18(16,17)15-11-8-6-9-12-15/h6,8-9,11-13H,3-5,7,10H2,1-2H3/b14-13-. The maximum absolute atomic E-state index is 12.1. The van der Waals surface area contributed by atoms with E-state index < -0.39 is 9.84 Å². The lowest BCUT2D eigenvalue weighted by atomic mass is 10.1. The maximum Gasteiger partial charge on any atom is 0.199 e. The minimum atomic E-state index is -3.26. The van der Waals surface area contributed by atoms with E-state index in [0.29, 0.717) is 4.90 Å².